The van der Waals surface area contributed by atoms with Crippen molar-refractivity contribution in [3.63, 3.8) is 0 Å². The lowest BCUT2D eigenvalue weighted by Crippen LogP contribution is -2.29. The number of halogens is 4. The summed E-state index contributed by atoms with van der Waals surface area (Å²) in [6, 6.07) is 8.01. The van der Waals surface area contributed by atoms with E-state index in [0.717, 1.165) is 4.47 Å². The van der Waals surface area contributed by atoms with Crippen molar-refractivity contribution in [3.8, 4) is 0 Å². The van der Waals surface area contributed by atoms with E-state index in [-0.39, 0.29) is 10.3 Å². The molecule has 0 saturated heterocycles. The molecule has 0 fully saturated rings. The average Bonchev–Trinajstić information content (AvgIpc) is 2.38. The third kappa shape index (κ3) is 3.99. The first-order chi connectivity index (χ1) is 9.45. The van der Waals surface area contributed by atoms with E-state index in [2.05, 4.69) is 31.8 Å². The van der Waals surface area contributed by atoms with Crippen LogP contribution in [0.3, 0.4) is 0 Å². The number of anilines is 1. The number of nitrogens with zero attached hydrogens (tertiary/aromatic N) is 1. The Morgan fingerprint density at radius 3 is 2.35 bits per heavy atom. The van der Waals surface area contributed by atoms with Gasteiger partial charge in [-0.1, -0.05) is 34.8 Å². The molecule has 8 heteroatoms. The minimum absolute atomic E-state index is 0.148. The number of carbonyl (C=O) groups is 1. The summed E-state index contributed by atoms with van der Waals surface area (Å²) in [6.45, 7) is 0. The molecule has 0 aliphatic rings. The Labute approximate surface area is 138 Å². The molecule has 20 heavy (non-hydrogen) atoms. The molecular formula is C12H7BrCl3N3O. The van der Waals surface area contributed by atoms with Gasteiger partial charge in [-0.3, -0.25) is 15.6 Å². The maximum absolute atomic E-state index is 11.9. The summed E-state index contributed by atoms with van der Waals surface area (Å²) in [5.41, 5.74) is 6.18. The first-order valence-electron chi connectivity index (χ1n) is 5.30. The molecule has 2 aromatic rings. The number of nitrogens with one attached hydrogen (secondary N) is 2. The van der Waals surface area contributed by atoms with Crippen molar-refractivity contribution in [3.05, 3.63) is 55.7 Å². The standard InChI is InChI=1S/C12H7BrCl3N3O/c13-8-2-1-7(5-9(8)14)18-19-12(20)6-3-10(15)17-11(16)4-6/h1-5,18H,(H,19,20). The SMILES string of the molecule is O=C(NNc1ccc(Br)c(Cl)c1)c1cc(Cl)nc(Cl)c1. The van der Waals surface area contributed by atoms with Crippen LogP contribution in [-0.4, -0.2) is 10.9 Å². The van der Waals surface area contributed by atoms with Gasteiger partial charge in [0.25, 0.3) is 5.91 Å². The summed E-state index contributed by atoms with van der Waals surface area (Å²) >= 11 is 20.7. The van der Waals surface area contributed by atoms with E-state index in [1.54, 1.807) is 18.2 Å². The Balaban J connectivity index is 2.06. The van der Waals surface area contributed by atoms with Gasteiger partial charge in [-0.05, 0) is 46.3 Å². The van der Waals surface area contributed by atoms with Gasteiger partial charge in [0.2, 0.25) is 0 Å². The highest BCUT2D eigenvalue weighted by Crippen LogP contribution is 2.25. The van der Waals surface area contributed by atoms with Gasteiger partial charge in [-0.2, -0.15) is 0 Å². The fourth-order valence-corrected chi connectivity index (χ4v) is 2.26. The Morgan fingerprint density at radius 2 is 1.75 bits per heavy atom. The Morgan fingerprint density at radius 1 is 1.10 bits per heavy atom. The molecule has 0 bridgehead atoms. The van der Waals surface area contributed by atoms with E-state index in [0.29, 0.717) is 16.3 Å². The van der Waals surface area contributed by atoms with E-state index < -0.39 is 5.91 Å². The predicted molar refractivity (Wildman–Crippen MR) is 84.5 cm³/mol. The number of pyridine rings is 1. The highest BCUT2D eigenvalue weighted by atomic mass is 79.9. The maximum atomic E-state index is 11.9. The quantitative estimate of drug-likeness (QED) is 0.592. The minimum Gasteiger partial charge on any atom is -0.298 e. The zero-order chi connectivity index (χ0) is 14.7. The van der Waals surface area contributed by atoms with E-state index in [4.69, 9.17) is 34.8 Å². The van der Waals surface area contributed by atoms with Gasteiger partial charge < -0.3 is 0 Å². The van der Waals surface area contributed by atoms with Gasteiger partial charge in [0.1, 0.15) is 10.3 Å². The van der Waals surface area contributed by atoms with Gasteiger partial charge in [0.15, 0.2) is 0 Å². The first-order valence-corrected chi connectivity index (χ1v) is 7.23. The Kier molecular flexibility index (Phi) is 5.10. The van der Waals surface area contributed by atoms with Gasteiger partial charge in [0.05, 0.1) is 10.7 Å². The van der Waals surface area contributed by atoms with Crippen LogP contribution in [0.2, 0.25) is 15.3 Å². The first kappa shape index (κ1) is 15.4. The van der Waals surface area contributed by atoms with E-state index in [1.165, 1.54) is 12.1 Å². The fraction of sp³-hybridized carbons (Fsp3) is 0. The zero-order valence-corrected chi connectivity index (χ0v) is 13.6. The van der Waals surface area contributed by atoms with E-state index in [9.17, 15) is 4.79 Å². The van der Waals surface area contributed by atoms with Crippen LogP contribution in [0.15, 0.2) is 34.8 Å². The third-order valence-corrected chi connectivity index (χ3v) is 3.88. The second-order valence-corrected chi connectivity index (χ2v) is 5.75. The molecule has 1 aromatic heterocycles. The predicted octanol–water partition coefficient (Wildman–Crippen LogP) is 4.56. The lowest BCUT2D eigenvalue weighted by Gasteiger charge is -2.09. The van der Waals surface area contributed by atoms with Crippen LogP contribution in [0, 0.1) is 0 Å². The topological polar surface area (TPSA) is 54.0 Å². The molecule has 0 unspecified atom stereocenters. The van der Waals surface area contributed by atoms with Crippen LogP contribution >= 0.6 is 50.7 Å². The van der Waals surface area contributed by atoms with Crippen LogP contribution in [-0.2, 0) is 0 Å². The summed E-state index contributed by atoms with van der Waals surface area (Å²) in [4.78, 5) is 15.7. The number of amides is 1. The third-order valence-electron chi connectivity index (χ3n) is 2.26. The molecule has 0 aliphatic carbocycles. The fourth-order valence-electron chi connectivity index (χ4n) is 1.37. The van der Waals surface area contributed by atoms with Gasteiger partial charge in [0, 0.05) is 10.0 Å². The molecule has 0 atom stereocenters. The molecule has 0 aliphatic heterocycles. The lowest BCUT2D eigenvalue weighted by atomic mass is 10.2. The number of carbonyl (C=O) groups excluding carboxylic acids is 1. The summed E-state index contributed by atoms with van der Waals surface area (Å²) in [7, 11) is 0. The van der Waals surface area contributed by atoms with E-state index >= 15 is 0 Å². The summed E-state index contributed by atoms with van der Waals surface area (Å²) in [6.07, 6.45) is 0. The van der Waals surface area contributed by atoms with Crippen molar-refractivity contribution < 1.29 is 4.79 Å². The normalized spacial score (nSPS) is 10.2. The molecular weight excluding hydrogens is 388 g/mol. The highest BCUT2D eigenvalue weighted by molar-refractivity contribution is 9.10. The lowest BCUT2D eigenvalue weighted by molar-refractivity contribution is 0.0962. The summed E-state index contributed by atoms with van der Waals surface area (Å²) in [5, 5.41) is 0.822. The number of hydrogen-bond donors (Lipinski definition) is 2. The summed E-state index contributed by atoms with van der Waals surface area (Å²) < 4.78 is 0.767. The summed E-state index contributed by atoms with van der Waals surface area (Å²) in [5.74, 6) is -0.393. The van der Waals surface area contributed by atoms with Crippen molar-refractivity contribution in [2.75, 3.05) is 5.43 Å². The van der Waals surface area contributed by atoms with Gasteiger partial charge >= 0.3 is 0 Å². The van der Waals surface area contributed by atoms with Gasteiger partial charge in [-0.25, -0.2) is 4.98 Å². The number of aromatic nitrogens is 1. The molecule has 0 saturated carbocycles. The van der Waals surface area contributed by atoms with Crippen molar-refractivity contribution in [1.29, 1.82) is 0 Å². The largest absolute Gasteiger partial charge is 0.298 e. The molecule has 2 N–H and O–H groups in total. The number of hydrazine groups is 1. The highest BCUT2D eigenvalue weighted by Gasteiger charge is 2.08. The molecule has 104 valence electrons. The molecule has 1 heterocycles. The minimum atomic E-state index is -0.393. The van der Waals surface area contributed by atoms with Crippen molar-refractivity contribution in [1.82, 2.24) is 10.4 Å². The van der Waals surface area contributed by atoms with Crippen molar-refractivity contribution in [2.24, 2.45) is 0 Å². The average molecular weight is 395 g/mol. The molecule has 4 nitrogen and oxygen atoms in total. The number of rotatable bonds is 3. The van der Waals surface area contributed by atoms with Crippen molar-refractivity contribution >= 4 is 62.3 Å². The number of benzene rings is 1. The number of hydrogen-bond acceptors (Lipinski definition) is 3. The van der Waals surface area contributed by atoms with Crippen LogP contribution < -0.4 is 10.9 Å². The maximum Gasteiger partial charge on any atom is 0.269 e. The molecule has 0 spiro atoms. The van der Waals surface area contributed by atoms with Crippen LogP contribution in [0.25, 0.3) is 0 Å². The molecule has 2 rings (SSSR count). The molecule has 1 aromatic carbocycles. The Bertz CT molecular complexity index is 646. The monoisotopic (exact) mass is 393 g/mol. The zero-order valence-electron chi connectivity index (χ0n) is 9.75. The van der Waals surface area contributed by atoms with E-state index in [1.807, 2.05) is 0 Å². The van der Waals surface area contributed by atoms with Crippen LogP contribution in [0.5, 0.6) is 0 Å². The molecule has 1 amide bonds. The second kappa shape index (κ2) is 6.63. The second-order valence-electron chi connectivity index (χ2n) is 3.71. The van der Waals surface area contributed by atoms with Crippen molar-refractivity contribution in [2.45, 2.75) is 0 Å². The van der Waals surface area contributed by atoms with Gasteiger partial charge in [-0.15, -0.1) is 0 Å². The Hall–Kier alpha value is -1.01. The van der Waals surface area contributed by atoms with Crippen LogP contribution in [0.1, 0.15) is 10.4 Å². The smallest absolute Gasteiger partial charge is 0.269 e. The van der Waals surface area contributed by atoms with Crippen LogP contribution in [0.4, 0.5) is 5.69 Å². The molecule has 0 radical (unpaired) electrons.